The number of nitrogens with zero attached hydrogens (tertiary/aromatic N) is 1. The summed E-state index contributed by atoms with van der Waals surface area (Å²) in [5.41, 5.74) is 0. The van der Waals surface area contributed by atoms with E-state index in [1.165, 1.54) is 38.6 Å². The van der Waals surface area contributed by atoms with Gasteiger partial charge in [-0.2, -0.15) is 0 Å². The molecule has 0 bridgehead atoms. The average molecular weight is 141 g/mol. The highest BCUT2D eigenvalue weighted by atomic mass is 15.1. The summed E-state index contributed by atoms with van der Waals surface area (Å²) in [4.78, 5) is 2.52. The molecule has 1 nitrogen and oxygen atoms in total. The number of hydrogen-bond donors (Lipinski definition) is 0. The van der Waals surface area contributed by atoms with Crippen molar-refractivity contribution in [2.45, 2.75) is 45.1 Å². The quantitative estimate of drug-likeness (QED) is 0.583. The van der Waals surface area contributed by atoms with Crippen LogP contribution in [0.25, 0.3) is 0 Å². The molecule has 0 heterocycles. The number of hydrogen-bond acceptors (Lipinski definition) is 1. The lowest BCUT2D eigenvalue weighted by atomic mass is 10.2. The molecule has 1 fully saturated rings. The normalized spacial score (nSPS) is 20.7. The summed E-state index contributed by atoms with van der Waals surface area (Å²) in [6.45, 7) is 3.54. The van der Waals surface area contributed by atoms with E-state index < -0.39 is 0 Å². The van der Waals surface area contributed by atoms with Crippen LogP contribution in [0.5, 0.6) is 0 Å². The Bertz CT molecular complexity index is 84.7. The van der Waals surface area contributed by atoms with Crippen molar-refractivity contribution in [1.29, 1.82) is 0 Å². The van der Waals surface area contributed by atoms with Gasteiger partial charge < -0.3 is 4.90 Å². The molecule has 1 heteroatoms. The first-order valence-corrected chi connectivity index (χ1v) is 4.55. The fraction of sp³-hybridized carbons (Fsp3) is 1.00. The molecule has 1 rings (SSSR count). The van der Waals surface area contributed by atoms with Gasteiger partial charge >= 0.3 is 0 Å². The fourth-order valence-electron chi connectivity index (χ4n) is 1.88. The first-order chi connectivity index (χ1) is 4.84. The molecule has 60 valence electrons. The van der Waals surface area contributed by atoms with Crippen LogP contribution < -0.4 is 0 Å². The Hall–Kier alpha value is -0.0400. The van der Waals surface area contributed by atoms with Crippen molar-refractivity contribution in [3.05, 3.63) is 0 Å². The molecule has 0 aromatic rings. The van der Waals surface area contributed by atoms with Crippen LogP contribution in [0.1, 0.15) is 39.0 Å². The first-order valence-electron chi connectivity index (χ1n) is 4.55. The lowest BCUT2D eigenvalue weighted by Crippen LogP contribution is -2.29. The van der Waals surface area contributed by atoms with Crippen LogP contribution >= 0.6 is 0 Å². The molecule has 1 saturated carbocycles. The molecule has 0 unspecified atom stereocenters. The lowest BCUT2D eigenvalue weighted by Gasteiger charge is -2.22. The highest BCUT2D eigenvalue weighted by Crippen LogP contribution is 2.22. The Morgan fingerprint density at radius 3 is 2.40 bits per heavy atom. The third-order valence-corrected chi connectivity index (χ3v) is 2.52. The lowest BCUT2D eigenvalue weighted by molar-refractivity contribution is 0.246. The minimum atomic E-state index is 0.917. The predicted molar refractivity (Wildman–Crippen MR) is 45.2 cm³/mol. The standard InChI is InChI=1S/C9H19N/c1-3-8-10(2)9-6-4-5-7-9/h9H,3-8H2,1-2H3. The maximum absolute atomic E-state index is 2.52. The van der Waals surface area contributed by atoms with Crippen molar-refractivity contribution in [2.24, 2.45) is 0 Å². The maximum Gasteiger partial charge on any atom is 0.00922 e. The first kappa shape index (κ1) is 8.06. The smallest absolute Gasteiger partial charge is 0.00922 e. The van der Waals surface area contributed by atoms with E-state index in [1.54, 1.807) is 0 Å². The van der Waals surface area contributed by atoms with Gasteiger partial charge in [-0.1, -0.05) is 19.8 Å². The molecule has 1 aliphatic rings. The second kappa shape index (κ2) is 3.97. The van der Waals surface area contributed by atoms with Gasteiger partial charge in [0.25, 0.3) is 0 Å². The Balaban J connectivity index is 2.18. The molecular formula is C9H19N. The monoisotopic (exact) mass is 141 g/mol. The van der Waals surface area contributed by atoms with Crippen LogP contribution in [-0.4, -0.2) is 24.5 Å². The van der Waals surface area contributed by atoms with E-state index in [-0.39, 0.29) is 0 Å². The zero-order valence-corrected chi connectivity index (χ0v) is 7.27. The Kier molecular flexibility index (Phi) is 3.20. The molecule has 0 aromatic carbocycles. The third-order valence-electron chi connectivity index (χ3n) is 2.52. The van der Waals surface area contributed by atoms with E-state index in [9.17, 15) is 0 Å². The van der Waals surface area contributed by atoms with Crippen molar-refractivity contribution < 1.29 is 0 Å². The van der Waals surface area contributed by atoms with Crippen molar-refractivity contribution in [3.63, 3.8) is 0 Å². The van der Waals surface area contributed by atoms with E-state index in [4.69, 9.17) is 0 Å². The highest BCUT2D eigenvalue weighted by Gasteiger charge is 2.17. The third kappa shape index (κ3) is 1.98. The minimum Gasteiger partial charge on any atom is -0.303 e. The summed E-state index contributed by atoms with van der Waals surface area (Å²) in [6, 6.07) is 0.917. The van der Waals surface area contributed by atoms with Crippen molar-refractivity contribution in [1.82, 2.24) is 4.90 Å². The van der Waals surface area contributed by atoms with Gasteiger partial charge in [0.05, 0.1) is 0 Å². The molecule has 0 N–H and O–H groups in total. The Morgan fingerprint density at radius 2 is 1.90 bits per heavy atom. The Morgan fingerprint density at radius 1 is 1.30 bits per heavy atom. The van der Waals surface area contributed by atoms with Gasteiger partial charge in [-0.3, -0.25) is 0 Å². The zero-order chi connectivity index (χ0) is 7.40. The van der Waals surface area contributed by atoms with E-state index >= 15 is 0 Å². The highest BCUT2D eigenvalue weighted by molar-refractivity contribution is 4.74. The molecule has 0 atom stereocenters. The van der Waals surface area contributed by atoms with Crippen molar-refractivity contribution in [2.75, 3.05) is 13.6 Å². The molecule has 0 saturated heterocycles. The number of rotatable bonds is 3. The topological polar surface area (TPSA) is 3.24 Å². The van der Waals surface area contributed by atoms with Crippen LogP contribution in [-0.2, 0) is 0 Å². The molecule has 0 spiro atoms. The molecule has 0 amide bonds. The second-order valence-corrected chi connectivity index (χ2v) is 3.42. The average Bonchev–Trinajstić information content (AvgIpc) is 2.38. The summed E-state index contributed by atoms with van der Waals surface area (Å²) >= 11 is 0. The van der Waals surface area contributed by atoms with Crippen LogP contribution in [0.3, 0.4) is 0 Å². The molecule has 0 radical (unpaired) electrons. The Labute approximate surface area is 64.4 Å². The van der Waals surface area contributed by atoms with Gasteiger partial charge in [-0.05, 0) is 32.9 Å². The summed E-state index contributed by atoms with van der Waals surface area (Å²) in [6.07, 6.45) is 7.09. The van der Waals surface area contributed by atoms with Crippen molar-refractivity contribution in [3.8, 4) is 0 Å². The largest absolute Gasteiger partial charge is 0.303 e. The summed E-state index contributed by atoms with van der Waals surface area (Å²) in [7, 11) is 2.26. The van der Waals surface area contributed by atoms with Crippen molar-refractivity contribution >= 4 is 0 Å². The molecule has 0 aromatic heterocycles. The van der Waals surface area contributed by atoms with Crippen LogP contribution in [0.15, 0.2) is 0 Å². The van der Waals surface area contributed by atoms with Gasteiger partial charge in [-0.15, -0.1) is 0 Å². The van der Waals surface area contributed by atoms with Crippen LogP contribution in [0, 0.1) is 0 Å². The fourth-order valence-corrected chi connectivity index (χ4v) is 1.88. The van der Waals surface area contributed by atoms with E-state index in [2.05, 4.69) is 18.9 Å². The van der Waals surface area contributed by atoms with Crippen LogP contribution in [0.2, 0.25) is 0 Å². The van der Waals surface area contributed by atoms with E-state index in [0.29, 0.717) is 0 Å². The summed E-state index contributed by atoms with van der Waals surface area (Å²) < 4.78 is 0. The molecule has 0 aliphatic heterocycles. The van der Waals surface area contributed by atoms with E-state index in [1.807, 2.05) is 0 Å². The zero-order valence-electron chi connectivity index (χ0n) is 7.27. The summed E-state index contributed by atoms with van der Waals surface area (Å²) in [5.74, 6) is 0. The van der Waals surface area contributed by atoms with Gasteiger partial charge in [0, 0.05) is 6.04 Å². The van der Waals surface area contributed by atoms with Gasteiger partial charge in [0.15, 0.2) is 0 Å². The van der Waals surface area contributed by atoms with Crippen LogP contribution in [0.4, 0.5) is 0 Å². The maximum atomic E-state index is 2.52. The van der Waals surface area contributed by atoms with Gasteiger partial charge in [0.1, 0.15) is 0 Å². The molecular weight excluding hydrogens is 122 g/mol. The SMILES string of the molecule is CCCN(C)C1CCCC1. The summed E-state index contributed by atoms with van der Waals surface area (Å²) in [5, 5.41) is 0. The van der Waals surface area contributed by atoms with Gasteiger partial charge in [0.2, 0.25) is 0 Å². The van der Waals surface area contributed by atoms with E-state index in [0.717, 1.165) is 6.04 Å². The predicted octanol–water partition coefficient (Wildman–Crippen LogP) is 2.27. The minimum absolute atomic E-state index is 0.917. The van der Waals surface area contributed by atoms with Gasteiger partial charge in [-0.25, -0.2) is 0 Å². The molecule has 1 aliphatic carbocycles. The second-order valence-electron chi connectivity index (χ2n) is 3.42. The molecule has 10 heavy (non-hydrogen) atoms.